The van der Waals surface area contributed by atoms with Crippen LogP contribution in [-0.2, 0) is 10.1 Å². The lowest BCUT2D eigenvalue weighted by Crippen LogP contribution is -2.14. The van der Waals surface area contributed by atoms with Gasteiger partial charge in [-0.3, -0.25) is 4.55 Å². The van der Waals surface area contributed by atoms with E-state index in [-0.39, 0.29) is 12.6 Å². The van der Waals surface area contributed by atoms with Gasteiger partial charge in [0.15, 0.2) is 0 Å². The molecule has 0 radical (unpaired) electrons. The Labute approximate surface area is 78.9 Å². The lowest BCUT2D eigenvalue weighted by atomic mass is 10.2. The van der Waals surface area contributed by atoms with Gasteiger partial charge in [0.2, 0.25) is 5.50 Å². The molecule has 1 unspecified atom stereocenters. The maximum atomic E-state index is 12.5. The van der Waals surface area contributed by atoms with Gasteiger partial charge < -0.3 is 6.15 Å². The first-order valence-corrected chi connectivity index (χ1v) is 5.59. The summed E-state index contributed by atoms with van der Waals surface area (Å²) >= 11 is 0. The summed E-state index contributed by atoms with van der Waals surface area (Å²) in [5.41, 5.74) is -2.10. The molecule has 1 atom stereocenters. The molecule has 0 saturated heterocycles. The van der Waals surface area contributed by atoms with Crippen molar-refractivity contribution in [3.8, 4) is 0 Å². The highest BCUT2D eigenvalue weighted by atomic mass is 32.2. The normalized spacial score (nSPS) is 13.5. The number of unbranched alkanes of at least 4 members (excludes halogenated alkanes) is 3. The summed E-state index contributed by atoms with van der Waals surface area (Å²) < 4.78 is 41.1. The highest BCUT2D eigenvalue weighted by Gasteiger charge is 2.20. The maximum Gasteiger partial charge on any atom is 0.297 e. The first kappa shape index (κ1) is 15.3. The van der Waals surface area contributed by atoms with Crippen molar-refractivity contribution >= 4 is 10.1 Å². The van der Waals surface area contributed by atoms with Crippen molar-refractivity contribution in [3.05, 3.63) is 0 Å². The van der Waals surface area contributed by atoms with Crippen molar-refractivity contribution in [1.82, 2.24) is 6.15 Å². The number of halogens is 1. The Morgan fingerprint density at radius 2 is 1.85 bits per heavy atom. The minimum absolute atomic E-state index is 0. The molecule has 0 aliphatic rings. The first-order valence-electron chi connectivity index (χ1n) is 4.09. The Kier molecular flexibility index (Phi) is 8.49. The van der Waals surface area contributed by atoms with Crippen molar-refractivity contribution < 1.29 is 17.4 Å². The van der Waals surface area contributed by atoms with Crippen molar-refractivity contribution in [1.29, 1.82) is 0 Å². The summed E-state index contributed by atoms with van der Waals surface area (Å²) in [5, 5.41) is 0. The van der Waals surface area contributed by atoms with Gasteiger partial charge in [0.1, 0.15) is 0 Å². The molecule has 0 aromatic heterocycles. The summed E-state index contributed by atoms with van der Waals surface area (Å²) in [7, 11) is -4.46. The zero-order chi connectivity index (χ0) is 9.61. The minimum atomic E-state index is -4.46. The molecule has 0 aliphatic heterocycles. The fourth-order valence-corrected chi connectivity index (χ4v) is 1.35. The van der Waals surface area contributed by atoms with Crippen LogP contribution in [-0.4, -0.2) is 18.5 Å². The van der Waals surface area contributed by atoms with Gasteiger partial charge in [0.05, 0.1) is 0 Å². The second-order valence-corrected chi connectivity index (χ2v) is 4.32. The molecule has 0 bridgehead atoms. The van der Waals surface area contributed by atoms with E-state index in [1.165, 1.54) is 0 Å². The molecule has 4 nitrogen and oxygen atoms in total. The summed E-state index contributed by atoms with van der Waals surface area (Å²) in [6.07, 6.45) is 3.21. The smallest absolute Gasteiger partial charge is 0.297 e. The molecule has 82 valence electrons. The maximum absolute atomic E-state index is 12.5. The standard InChI is InChI=1S/C7H15FO3S.H3N/c1-2-3-4-5-6-7(8)12(9,10)11;/h7H,2-6H2,1H3,(H,9,10,11);1H3. The molecular formula is C7H18FNO3S. The molecule has 0 rings (SSSR count). The van der Waals surface area contributed by atoms with Crippen LogP contribution in [0.2, 0.25) is 0 Å². The number of hydrogen-bond acceptors (Lipinski definition) is 3. The Balaban J connectivity index is 0. The monoisotopic (exact) mass is 215 g/mol. The van der Waals surface area contributed by atoms with Crippen LogP contribution < -0.4 is 6.15 Å². The SMILES string of the molecule is CCCCCCC(F)S(=O)(=O)O.N. The van der Waals surface area contributed by atoms with E-state index >= 15 is 0 Å². The van der Waals surface area contributed by atoms with E-state index < -0.39 is 15.6 Å². The van der Waals surface area contributed by atoms with Crippen LogP contribution in [0.25, 0.3) is 0 Å². The molecule has 0 aromatic rings. The van der Waals surface area contributed by atoms with Gasteiger partial charge >= 0.3 is 0 Å². The quantitative estimate of drug-likeness (QED) is 0.525. The van der Waals surface area contributed by atoms with E-state index in [2.05, 4.69) is 0 Å². The van der Waals surface area contributed by atoms with Gasteiger partial charge in [-0.2, -0.15) is 8.42 Å². The third kappa shape index (κ3) is 8.14. The zero-order valence-electron chi connectivity index (χ0n) is 7.87. The molecule has 13 heavy (non-hydrogen) atoms. The van der Waals surface area contributed by atoms with Crippen molar-refractivity contribution in [2.24, 2.45) is 0 Å². The van der Waals surface area contributed by atoms with E-state index in [0.29, 0.717) is 6.42 Å². The predicted molar refractivity (Wildman–Crippen MR) is 50.2 cm³/mol. The van der Waals surface area contributed by atoms with Crippen LogP contribution in [0.5, 0.6) is 0 Å². The third-order valence-corrected chi connectivity index (χ3v) is 2.49. The van der Waals surface area contributed by atoms with Crippen LogP contribution in [0.3, 0.4) is 0 Å². The van der Waals surface area contributed by atoms with E-state index in [1.54, 1.807) is 0 Å². The van der Waals surface area contributed by atoms with Gasteiger partial charge in [-0.1, -0.05) is 26.2 Å². The summed E-state index contributed by atoms with van der Waals surface area (Å²) in [6.45, 7) is 2.01. The molecule has 0 spiro atoms. The number of hydrogen-bond donors (Lipinski definition) is 2. The predicted octanol–water partition coefficient (Wildman–Crippen LogP) is 2.30. The molecule has 0 saturated carbocycles. The average molecular weight is 215 g/mol. The summed E-state index contributed by atoms with van der Waals surface area (Å²) in [4.78, 5) is 0. The van der Waals surface area contributed by atoms with Gasteiger partial charge in [0.25, 0.3) is 10.1 Å². The topological polar surface area (TPSA) is 89.4 Å². The van der Waals surface area contributed by atoms with E-state index in [9.17, 15) is 12.8 Å². The Morgan fingerprint density at radius 3 is 2.23 bits per heavy atom. The van der Waals surface area contributed by atoms with Gasteiger partial charge in [-0.25, -0.2) is 4.39 Å². The van der Waals surface area contributed by atoms with Crippen molar-refractivity contribution in [2.75, 3.05) is 0 Å². The molecule has 0 amide bonds. The number of alkyl halides is 1. The van der Waals surface area contributed by atoms with Crippen LogP contribution >= 0.6 is 0 Å². The fourth-order valence-electron chi connectivity index (χ4n) is 0.881. The van der Waals surface area contributed by atoms with Crippen molar-refractivity contribution in [2.45, 2.75) is 44.5 Å². The number of rotatable bonds is 6. The van der Waals surface area contributed by atoms with Crippen LogP contribution in [0.4, 0.5) is 4.39 Å². The molecule has 0 heterocycles. The van der Waals surface area contributed by atoms with Gasteiger partial charge in [0, 0.05) is 0 Å². The molecular weight excluding hydrogens is 197 g/mol. The van der Waals surface area contributed by atoms with Crippen LogP contribution in [0.1, 0.15) is 39.0 Å². The zero-order valence-corrected chi connectivity index (χ0v) is 8.69. The Bertz CT molecular complexity index is 206. The summed E-state index contributed by atoms with van der Waals surface area (Å²) in [5.74, 6) is 0. The van der Waals surface area contributed by atoms with E-state index in [4.69, 9.17) is 4.55 Å². The molecule has 4 N–H and O–H groups in total. The lowest BCUT2D eigenvalue weighted by molar-refractivity contribution is 0.350. The second-order valence-electron chi connectivity index (χ2n) is 2.77. The molecule has 0 aliphatic carbocycles. The Hall–Kier alpha value is -0.200. The van der Waals surface area contributed by atoms with E-state index in [1.807, 2.05) is 6.92 Å². The molecule has 6 heteroatoms. The minimum Gasteiger partial charge on any atom is -0.344 e. The lowest BCUT2D eigenvalue weighted by Gasteiger charge is -2.03. The second kappa shape index (κ2) is 7.23. The van der Waals surface area contributed by atoms with Crippen LogP contribution in [0.15, 0.2) is 0 Å². The van der Waals surface area contributed by atoms with Gasteiger partial charge in [-0.05, 0) is 12.8 Å². The average Bonchev–Trinajstić information content (AvgIpc) is 1.96. The molecule has 0 aromatic carbocycles. The first-order chi connectivity index (χ1) is 5.48. The van der Waals surface area contributed by atoms with Gasteiger partial charge in [-0.15, -0.1) is 0 Å². The molecule has 0 fully saturated rings. The Morgan fingerprint density at radius 1 is 1.31 bits per heavy atom. The van der Waals surface area contributed by atoms with E-state index in [0.717, 1.165) is 19.3 Å². The third-order valence-electron chi connectivity index (χ3n) is 1.61. The largest absolute Gasteiger partial charge is 0.344 e. The summed E-state index contributed by atoms with van der Waals surface area (Å²) in [6, 6.07) is 0. The fraction of sp³-hybridized carbons (Fsp3) is 1.00. The van der Waals surface area contributed by atoms with Crippen molar-refractivity contribution in [3.63, 3.8) is 0 Å². The highest BCUT2D eigenvalue weighted by molar-refractivity contribution is 7.86. The van der Waals surface area contributed by atoms with Crippen LogP contribution in [0, 0.1) is 0 Å². The highest BCUT2D eigenvalue weighted by Crippen LogP contribution is 2.11.